The van der Waals surface area contributed by atoms with Crippen LogP contribution in [0.3, 0.4) is 0 Å². The van der Waals surface area contributed by atoms with Crippen LogP contribution in [0, 0.1) is 5.92 Å². The van der Waals surface area contributed by atoms with E-state index < -0.39 is 6.04 Å². The third kappa shape index (κ3) is 5.34. The van der Waals surface area contributed by atoms with Gasteiger partial charge in [-0.1, -0.05) is 17.7 Å². The van der Waals surface area contributed by atoms with Gasteiger partial charge in [0.2, 0.25) is 12.7 Å². The first-order valence-corrected chi connectivity index (χ1v) is 11.5. The van der Waals surface area contributed by atoms with Crippen LogP contribution >= 0.6 is 11.6 Å². The summed E-state index contributed by atoms with van der Waals surface area (Å²) in [5, 5.41) is 6.24. The molecule has 2 aliphatic heterocycles. The van der Waals surface area contributed by atoms with Crippen LogP contribution in [0.1, 0.15) is 33.6 Å². The first-order valence-electron chi connectivity index (χ1n) is 11.1. The van der Waals surface area contributed by atoms with Crippen LogP contribution in [0.2, 0.25) is 5.02 Å². The van der Waals surface area contributed by atoms with Crippen LogP contribution in [0.15, 0.2) is 55.1 Å². The molecule has 2 aromatic carbocycles. The van der Waals surface area contributed by atoms with Gasteiger partial charge in [-0.15, -0.1) is 6.58 Å². The number of hydrogen-bond donors (Lipinski definition) is 2. The number of likely N-dealkylation sites (tertiary alicyclic amines) is 1. The van der Waals surface area contributed by atoms with Gasteiger partial charge in [0.15, 0.2) is 11.5 Å². The molecule has 1 saturated heterocycles. The van der Waals surface area contributed by atoms with Gasteiger partial charge in [-0.3, -0.25) is 14.4 Å². The number of rotatable bonds is 7. The molecule has 0 aromatic heterocycles. The van der Waals surface area contributed by atoms with E-state index in [0.29, 0.717) is 60.1 Å². The lowest BCUT2D eigenvalue weighted by atomic mass is 9.88. The third-order valence-electron chi connectivity index (χ3n) is 6.01. The minimum Gasteiger partial charge on any atom is -0.454 e. The molecule has 0 radical (unpaired) electrons. The van der Waals surface area contributed by atoms with E-state index in [4.69, 9.17) is 21.1 Å². The van der Waals surface area contributed by atoms with Crippen molar-refractivity contribution in [2.45, 2.75) is 18.9 Å². The van der Waals surface area contributed by atoms with Gasteiger partial charge >= 0.3 is 0 Å². The lowest BCUT2D eigenvalue weighted by Crippen LogP contribution is -2.53. The average Bonchev–Trinajstić information content (AvgIpc) is 3.34. The van der Waals surface area contributed by atoms with E-state index in [2.05, 4.69) is 17.2 Å². The minimum atomic E-state index is -0.745. The summed E-state index contributed by atoms with van der Waals surface area (Å²) in [6.45, 7) is 5.00. The van der Waals surface area contributed by atoms with Crippen LogP contribution in [-0.4, -0.2) is 55.1 Å². The zero-order valence-corrected chi connectivity index (χ0v) is 19.3. The number of hydrogen-bond acceptors (Lipinski definition) is 5. The third-order valence-corrected chi connectivity index (χ3v) is 6.27. The van der Waals surface area contributed by atoms with Crippen molar-refractivity contribution < 1.29 is 23.9 Å². The number of ether oxygens (including phenoxy) is 2. The van der Waals surface area contributed by atoms with Crippen LogP contribution in [0.5, 0.6) is 11.5 Å². The van der Waals surface area contributed by atoms with Crippen molar-refractivity contribution in [3.8, 4) is 11.5 Å². The Labute approximate surface area is 202 Å². The Morgan fingerprint density at radius 3 is 2.44 bits per heavy atom. The summed E-state index contributed by atoms with van der Waals surface area (Å²) in [5.41, 5.74) is 0.945. The molecule has 1 fully saturated rings. The van der Waals surface area contributed by atoms with Crippen molar-refractivity contribution in [3.63, 3.8) is 0 Å². The fourth-order valence-electron chi connectivity index (χ4n) is 4.15. The SMILES string of the molecule is C=CCNC(=O)[C@@H](NC(=O)c1ccc2c(c1)OCO2)C1CCN(C(=O)c2ccc(Cl)cc2)CC1. The number of piperidine rings is 1. The normalized spacial score (nSPS) is 16.0. The molecule has 2 aliphatic rings. The molecule has 0 unspecified atom stereocenters. The van der Waals surface area contributed by atoms with Crippen molar-refractivity contribution in [2.24, 2.45) is 5.92 Å². The van der Waals surface area contributed by atoms with E-state index in [1.165, 1.54) is 0 Å². The van der Waals surface area contributed by atoms with Crippen molar-refractivity contribution in [1.29, 1.82) is 0 Å². The van der Waals surface area contributed by atoms with E-state index in [-0.39, 0.29) is 30.4 Å². The second-order valence-corrected chi connectivity index (χ2v) is 8.63. The molecule has 0 saturated carbocycles. The standard InChI is InChI=1S/C25H26ClN3O5/c1-2-11-27-24(31)22(28-23(30)18-5-8-20-21(14-18)34-15-33-20)16-9-12-29(13-10-16)25(32)17-3-6-19(26)7-4-17/h2-8,14,16,22H,1,9-13,15H2,(H,27,31)(H,28,30)/t22-/m0/s1. The Hall–Kier alpha value is -3.52. The molecule has 2 N–H and O–H groups in total. The highest BCUT2D eigenvalue weighted by Gasteiger charge is 2.34. The summed E-state index contributed by atoms with van der Waals surface area (Å²) in [6.07, 6.45) is 2.74. The summed E-state index contributed by atoms with van der Waals surface area (Å²) in [5.74, 6) is 0.210. The van der Waals surface area contributed by atoms with Gasteiger partial charge in [-0.05, 0) is 61.2 Å². The Morgan fingerprint density at radius 1 is 1.06 bits per heavy atom. The lowest BCUT2D eigenvalue weighted by molar-refractivity contribution is -0.124. The highest BCUT2D eigenvalue weighted by molar-refractivity contribution is 6.30. The molecule has 178 valence electrons. The summed E-state index contributed by atoms with van der Waals surface area (Å²) in [7, 11) is 0. The molecule has 0 aliphatic carbocycles. The van der Waals surface area contributed by atoms with Gasteiger partial charge in [-0.2, -0.15) is 0 Å². The molecule has 9 heteroatoms. The summed E-state index contributed by atoms with van der Waals surface area (Å²) < 4.78 is 10.6. The van der Waals surface area contributed by atoms with E-state index in [0.717, 1.165) is 0 Å². The summed E-state index contributed by atoms with van der Waals surface area (Å²) in [6, 6.07) is 10.9. The molecule has 34 heavy (non-hydrogen) atoms. The second-order valence-electron chi connectivity index (χ2n) is 8.19. The predicted molar refractivity (Wildman–Crippen MR) is 127 cm³/mol. The Balaban J connectivity index is 1.43. The van der Waals surface area contributed by atoms with Crippen LogP contribution in [0.4, 0.5) is 0 Å². The van der Waals surface area contributed by atoms with Crippen LogP contribution in [0.25, 0.3) is 0 Å². The molecule has 2 heterocycles. The maximum Gasteiger partial charge on any atom is 0.253 e. The number of amides is 3. The van der Waals surface area contributed by atoms with Crippen molar-refractivity contribution in [2.75, 3.05) is 26.4 Å². The van der Waals surface area contributed by atoms with Crippen LogP contribution < -0.4 is 20.1 Å². The molecular formula is C25H26ClN3O5. The first kappa shape index (κ1) is 23.6. The maximum atomic E-state index is 13.0. The smallest absolute Gasteiger partial charge is 0.253 e. The summed E-state index contributed by atoms with van der Waals surface area (Å²) >= 11 is 5.92. The molecular weight excluding hydrogens is 458 g/mol. The van der Waals surface area contributed by atoms with Crippen molar-refractivity contribution in [3.05, 3.63) is 71.3 Å². The van der Waals surface area contributed by atoms with E-state index >= 15 is 0 Å². The van der Waals surface area contributed by atoms with Gasteiger partial charge in [-0.25, -0.2) is 0 Å². The number of nitrogens with one attached hydrogen (secondary N) is 2. The molecule has 2 aromatic rings. The van der Waals surface area contributed by atoms with E-state index in [1.807, 2.05) is 0 Å². The molecule has 1 atom stereocenters. The van der Waals surface area contributed by atoms with Gasteiger partial charge in [0.1, 0.15) is 6.04 Å². The highest BCUT2D eigenvalue weighted by Crippen LogP contribution is 2.32. The monoisotopic (exact) mass is 483 g/mol. The van der Waals surface area contributed by atoms with Crippen molar-refractivity contribution >= 4 is 29.3 Å². The number of nitrogens with zero attached hydrogens (tertiary/aromatic N) is 1. The lowest BCUT2D eigenvalue weighted by Gasteiger charge is -2.35. The summed E-state index contributed by atoms with van der Waals surface area (Å²) in [4.78, 5) is 40.5. The Morgan fingerprint density at radius 2 is 1.74 bits per heavy atom. The molecule has 3 amide bonds. The highest BCUT2D eigenvalue weighted by atomic mass is 35.5. The fraction of sp³-hybridized carbons (Fsp3) is 0.320. The number of fused-ring (bicyclic) bond motifs is 1. The van der Waals surface area contributed by atoms with E-state index in [9.17, 15) is 14.4 Å². The molecule has 0 spiro atoms. The zero-order valence-electron chi connectivity index (χ0n) is 18.6. The molecule has 4 rings (SSSR count). The molecule has 0 bridgehead atoms. The van der Waals surface area contributed by atoms with Gasteiger partial charge in [0, 0.05) is 35.8 Å². The Bertz CT molecular complexity index is 1080. The largest absolute Gasteiger partial charge is 0.454 e. The number of halogens is 1. The van der Waals surface area contributed by atoms with E-state index in [1.54, 1.807) is 53.4 Å². The maximum absolute atomic E-state index is 13.0. The quantitative estimate of drug-likeness (QED) is 0.590. The minimum absolute atomic E-state index is 0.0767. The van der Waals surface area contributed by atoms with Crippen molar-refractivity contribution in [1.82, 2.24) is 15.5 Å². The number of benzene rings is 2. The molecule has 8 nitrogen and oxygen atoms in total. The second kappa shape index (κ2) is 10.6. The zero-order chi connectivity index (χ0) is 24.1. The van der Waals surface area contributed by atoms with Gasteiger partial charge < -0.3 is 25.0 Å². The van der Waals surface area contributed by atoms with Crippen LogP contribution in [-0.2, 0) is 4.79 Å². The number of carbonyl (C=O) groups is 3. The number of carbonyl (C=O) groups excluding carboxylic acids is 3. The first-order chi connectivity index (χ1) is 16.5. The average molecular weight is 484 g/mol. The van der Waals surface area contributed by atoms with Gasteiger partial charge in [0.05, 0.1) is 0 Å². The van der Waals surface area contributed by atoms with Gasteiger partial charge in [0.25, 0.3) is 11.8 Å². The predicted octanol–water partition coefficient (Wildman–Crippen LogP) is 3.02. The topological polar surface area (TPSA) is 97.0 Å². The fourth-order valence-corrected chi connectivity index (χ4v) is 4.28. The Kier molecular flexibility index (Phi) is 7.37.